The number of methoxy groups -OCH3 is 1. The smallest absolute Gasteiger partial charge is 0.332 e. The summed E-state index contributed by atoms with van der Waals surface area (Å²) in [7, 11) is 1.39. The number of nitrogens with two attached hydrogens (primary N) is 1. The number of carbonyl (C=O) groups is 1. The average molecular weight is 324 g/mol. The number of nitrogens with zero attached hydrogens (tertiary/aromatic N) is 2. The molecule has 126 valence electrons. The summed E-state index contributed by atoms with van der Waals surface area (Å²) in [6, 6.07) is 1.97. The molecule has 0 radical (unpaired) electrons. The van der Waals surface area contributed by atoms with Crippen LogP contribution < -0.4 is 20.6 Å². The van der Waals surface area contributed by atoms with Crippen LogP contribution in [0.1, 0.15) is 31.7 Å². The van der Waals surface area contributed by atoms with Gasteiger partial charge >= 0.3 is 11.7 Å². The van der Waals surface area contributed by atoms with Crippen LogP contribution in [0.2, 0.25) is 0 Å². The lowest BCUT2D eigenvalue weighted by Crippen LogP contribution is -2.24. The Labute approximate surface area is 133 Å². The van der Waals surface area contributed by atoms with Gasteiger partial charge in [-0.15, -0.1) is 0 Å². The Bertz CT molecular complexity index is 589. The zero-order valence-electron chi connectivity index (χ0n) is 13.1. The van der Waals surface area contributed by atoms with Gasteiger partial charge in [-0.05, 0) is 12.5 Å². The van der Waals surface area contributed by atoms with Crippen molar-refractivity contribution < 1.29 is 19.2 Å². The number of carbonyl (C=O) groups excluding carboxylic acids is 1. The minimum atomic E-state index is -0.835. The second-order valence-corrected chi connectivity index (χ2v) is 4.62. The average Bonchev–Trinajstić information content (AvgIpc) is 2.51. The van der Waals surface area contributed by atoms with Gasteiger partial charge < -0.3 is 15.2 Å². The quantitative estimate of drug-likeness (QED) is 0.311. The number of primary amides is 1. The van der Waals surface area contributed by atoms with E-state index in [-0.39, 0.29) is 17.2 Å². The summed E-state index contributed by atoms with van der Waals surface area (Å²) in [5.74, 6) is 0.296. The molecule has 0 aliphatic heterocycles. The van der Waals surface area contributed by atoms with Crippen molar-refractivity contribution in [1.82, 2.24) is 5.43 Å². The predicted octanol–water partition coefficient (Wildman–Crippen LogP) is 2.17. The van der Waals surface area contributed by atoms with Crippen molar-refractivity contribution in [3.05, 3.63) is 27.8 Å². The fourth-order valence-electron chi connectivity index (χ4n) is 1.81. The largest absolute Gasteiger partial charge is 0.493 e. The van der Waals surface area contributed by atoms with Crippen LogP contribution in [0.4, 0.5) is 10.5 Å². The van der Waals surface area contributed by atoms with Crippen molar-refractivity contribution >= 4 is 17.9 Å². The summed E-state index contributed by atoms with van der Waals surface area (Å²) in [4.78, 5) is 21.2. The molecular weight excluding hydrogens is 304 g/mol. The third kappa shape index (κ3) is 5.81. The van der Waals surface area contributed by atoms with Crippen molar-refractivity contribution in [2.24, 2.45) is 10.8 Å². The molecule has 0 spiro atoms. The Hall–Kier alpha value is -2.84. The van der Waals surface area contributed by atoms with E-state index < -0.39 is 11.0 Å². The number of unbranched alkanes of at least 4 members (excludes halogenated alkanes) is 2. The standard InChI is InChI=1S/C14H20N4O5/c1-3-4-5-6-23-13-11(18(20)21)7-10(8-12(13)22-2)9-16-17-14(15)19/h7-9H,3-6H2,1-2H3,(H3,15,17,19)/b16-9-. The molecular formula is C14H20N4O5. The van der Waals surface area contributed by atoms with Crippen molar-refractivity contribution in [3.63, 3.8) is 0 Å². The number of hydrazone groups is 1. The molecule has 9 nitrogen and oxygen atoms in total. The molecule has 0 fully saturated rings. The van der Waals surface area contributed by atoms with Crippen LogP contribution in [0.5, 0.6) is 11.5 Å². The topological polar surface area (TPSA) is 129 Å². The molecule has 3 N–H and O–H groups in total. The lowest BCUT2D eigenvalue weighted by Gasteiger charge is -2.11. The van der Waals surface area contributed by atoms with Crippen molar-refractivity contribution in [1.29, 1.82) is 0 Å². The Morgan fingerprint density at radius 2 is 2.22 bits per heavy atom. The van der Waals surface area contributed by atoms with E-state index in [1.807, 2.05) is 5.43 Å². The van der Waals surface area contributed by atoms with E-state index in [0.29, 0.717) is 12.2 Å². The molecule has 0 saturated carbocycles. The molecule has 0 aliphatic carbocycles. The molecule has 9 heteroatoms. The minimum absolute atomic E-state index is 0.0774. The molecule has 1 aromatic rings. The second-order valence-electron chi connectivity index (χ2n) is 4.62. The number of nitrogens with one attached hydrogen (secondary N) is 1. The van der Waals surface area contributed by atoms with E-state index in [9.17, 15) is 14.9 Å². The first-order chi connectivity index (χ1) is 11.0. The third-order valence-corrected chi connectivity index (χ3v) is 2.86. The molecule has 0 atom stereocenters. The Balaban J connectivity index is 3.06. The first-order valence-corrected chi connectivity index (χ1v) is 7.07. The monoisotopic (exact) mass is 324 g/mol. The van der Waals surface area contributed by atoms with Gasteiger partial charge in [-0.2, -0.15) is 5.10 Å². The summed E-state index contributed by atoms with van der Waals surface area (Å²) < 4.78 is 10.7. The lowest BCUT2D eigenvalue weighted by atomic mass is 10.2. The van der Waals surface area contributed by atoms with Crippen LogP contribution >= 0.6 is 0 Å². The van der Waals surface area contributed by atoms with Gasteiger partial charge in [-0.25, -0.2) is 10.2 Å². The van der Waals surface area contributed by atoms with Crippen LogP contribution in [-0.4, -0.2) is 30.9 Å². The van der Waals surface area contributed by atoms with Crippen LogP contribution in [0.25, 0.3) is 0 Å². The maximum absolute atomic E-state index is 11.2. The van der Waals surface area contributed by atoms with Gasteiger partial charge in [0.2, 0.25) is 5.75 Å². The van der Waals surface area contributed by atoms with E-state index in [1.165, 1.54) is 25.5 Å². The number of hydrogen-bond acceptors (Lipinski definition) is 6. The van der Waals surface area contributed by atoms with Crippen LogP contribution in [0, 0.1) is 10.1 Å². The summed E-state index contributed by atoms with van der Waals surface area (Å²) in [6.45, 7) is 2.42. The summed E-state index contributed by atoms with van der Waals surface area (Å²) in [6.07, 6.45) is 4.01. The molecule has 0 bridgehead atoms. The summed E-state index contributed by atoms with van der Waals surface area (Å²) >= 11 is 0. The van der Waals surface area contributed by atoms with Gasteiger partial charge in [-0.3, -0.25) is 10.1 Å². The number of benzene rings is 1. The molecule has 2 amide bonds. The highest BCUT2D eigenvalue weighted by atomic mass is 16.6. The predicted molar refractivity (Wildman–Crippen MR) is 85.0 cm³/mol. The first-order valence-electron chi connectivity index (χ1n) is 7.07. The van der Waals surface area contributed by atoms with Crippen molar-refractivity contribution in [3.8, 4) is 11.5 Å². The molecule has 23 heavy (non-hydrogen) atoms. The molecule has 0 unspecified atom stereocenters. The Morgan fingerprint density at radius 3 is 2.78 bits per heavy atom. The normalized spacial score (nSPS) is 10.5. The maximum atomic E-state index is 11.2. The molecule has 1 rings (SSSR count). The number of amides is 2. The van der Waals surface area contributed by atoms with Crippen LogP contribution in [0.3, 0.4) is 0 Å². The highest BCUT2D eigenvalue weighted by Crippen LogP contribution is 2.38. The van der Waals surface area contributed by atoms with Crippen LogP contribution in [0.15, 0.2) is 17.2 Å². The number of hydrogen-bond donors (Lipinski definition) is 2. The number of rotatable bonds is 9. The van der Waals surface area contributed by atoms with Gasteiger partial charge in [0.05, 0.1) is 24.9 Å². The molecule has 0 saturated heterocycles. The van der Waals surface area contributed by atoms with E-state index in [0.717, 1.165) is 19.3 Å². The second kappa shape index (κ2) is 9.23. The molecule has 0 heterocycles. The highest BCUT2D eigenvalue weighted by molar-refractivity contribution is 5.84. The van der Waals surface area contributed by atoms with Gasteiger partial charge in [0, 0.05) is 11.6 Å². The zero-order valence-corrected chi connectivity index (χ0v) is 13.1. The number of urea groups is 1. The Kier molecular flexibility index (Phi) is 7.31. The van der Waals surface area contributed by atoms with Crippen molar-refractivity contribution in [2.75, 3.05) is 13.7 Å². The SMILES string of the molecule is CCCCCOc1c(OC)cc(/C=N\NC(N)=O)cc1[N+](=O)[O-]. The number of nitro groups is 1. The Morgan fingerprint density at radius 1 is 1.48 bits per heavy atom. The molecule has 0 aliphatic rings. The van der Waals surface area contributed by atoms with Crippen LogP contribution in [-0.2, 0) is 0 Å². The van der Waals surface area contributed by atoms with Gasteiger partial charge in [0.15, 0.2) is 5.75 Å². The summed E-state index contributed by atoms with van der Waals surface area (Å²) in [5.41, 5.74) is 7.02. The van der Waals surface area contributed by atoms with Crippen molar-refractivity contribution in [2.45, 2.75) is 26.2 Å². The van der Waals surface area contributed by atoms with Gasteiger partial charge in [-0.1, -0.05) is 19.8 Å². The first kappa shape index (κ1) is 18.2. The van der Waals surface area contributed by atoms with E-state index >= 15 is 0 Å². The zero-order chi connectivity index (χ0) is 17.2. The van der Waals surface area contributed by atoms with Gasteiger partial charge in [0.25, 0.3) is 0 Å². The maximum Gasteiger partial charge on any atom is 0.332 e. The van der Waals surface area contributed by atoms with E-state index in [1.54, 1.807) is 0 Å². The molecule has 0 aromatic heterocycles. The number of nitro benzene ring substituents is 1. The van der Waals surface area contributed by atoms with E-state index in [4.69, 9.17) is 15.2 Å². The third-order valence-electron chi connectivity index (χ3n) is 2.86. The fraction of sp³-hybridized carbons (Fsp3) is 0.429. The van der Waals surface area contributed by atoms with Gasteiger partial charge in [0.1, 0.15) is 0 Å². The lowest BCUT2D eigenvalue weighted by molar-refractivity contribution is -0.386. The van der Waals surface area contributed by atoms with E-state index in [2.05, 4.69) is 12.0 Å². The summed E-state index contributed by atoms with van der Waals surface area (Å²) in [5, 5.41) is 14.8. The highest BCUT2D eigenvalue weighted by Gasteiger charge is 2.22. The molecule has 1 aromatic carbocycles. The number of ether oxygens (including phenoxy) is 2. The fourth-order valence-corrected chi connectivity index (χ4v) is 1.81. The minimum Gasteiger partial charge on any atom is -0.493 e.